The first kappa shape index (κ1) is 16.6. The Morgan fingerprint density at radius 3 is 2.52 bits per heavy atom. The van der Waals surface area contributed by atoms with E-state index < -0.39 is 18.4 Å². The highest BCUT2D eigenvalue weighted by atomic mass is 16.5. The highest BCUT2D eigenvalue weighted by Crippen LogP contribution is 2.31. The van der Waals surface area contributed by atoms with Gasteiger partial charge >= 0.3 is 5.97 Å². The maximum absolute atomic E-state index is 12.3. The molecule has 0 unspecified atom stereocenters. The Morgan fingerprint density at radius 1 is 1.00 bits per heavy atom. The van der Waals surface area contributed by atoms with Crippen LogP contribution in [-0.2, 0) is 4.74 Å². The molecule has 25 heavy (non-hydrogen) atoms. The average Bonchev–Trinajstić information content (AvgIpc) is 3.09. The Bertz CT molecular complexity index is 892. The van der Waals surface area contributed by atoms with E-state index in [0.29, 0.717) is 11.3 Å². The molecule has 3 aromatic rings. The van der Waals surface area contributed by atoms with Gasteiger partial charge in [-0.1, -0.05) is 24.3 Å². The summed E-state index contributed by atoms with van der Waals surface area (Å²) in [5.74, 6) is -0.301. The molecule has 0 aliphatic carbocycles. The zero-order valence-corrected chi connectivity index (χ0v) is 13.8. The monoisotopic (exact) mass is 340 g/mol. The van der Waals surface area contributed by atoms with E-state index in [2.05, 4.69) is 0 Å². The van der Waals surface area contributed by atoms with Crippen molar-refractivity contribution >= 4 is 22.7 Å². The summed E-state index contributed by atoms with van der Waals surface area (Å²) in [4.78, 5) is 24.5. The SMILES string of the molecule is COc1cccc(C(=O)OCC(=O)c2cc3ccccc3o2)c1OC. The number of methoxy groups -OCH3 is 2. The number of benzene rings is 2. The van der Waals surface area contributed by atoms with Crippen LogP contribution in [0.25, 0.3) is 11.0 Å². The minimum absolute atomic E-state index is 0.145. The van der Waals surface area contributed by atoms with Crippen LogP contribution >= 0.6 is 0 Å². The topological polar surface area (TPSA) is 75.0 Å². The van der Waals surface area contributed by atoms with Crippen molar-refractivity contribution in [2.75, 3.05) is 20.8 Å². The number of ketones is 1. The summed E-state index contributed by atoms with van der Waals surface area (Å²) in [6, 6.07) is 13.7. The highest BCUT2D eigenvalue weighted by Gasteiger charge is 2.20. The van der Waals surface area contributed by atoms with Gasteiger partial charge in [0.2, 0.25) is 5.78 Å². The minimum Gasteiger partial charge on any atom is -0.493 e. The summed E-state index contributed by atoms with van der Waals surface area (Å²) in [7, 11) is 2.90. The Morgan fingerprint density at radius 2 is 1.80 bits per heavy atom. The van der Waals surface area contributed by atoms with E-state index in [-0.39, 0.29) is 17.1 Å². The molecule has 2 aromatic carbocycles. The largest absolute Gasteiger partial charge is 0.493 e. The van der Waals surface area contributed by atoms with Crippen molar-refractivity contribution in [3.8, 4) is 11.5 Å². The maximum Gasteiger partial charge on any atom is 0.342 e. The van der Waals surface area contributed by atoms with E-state index in [4.69, 9.17) is 18.6 Å². The van der Waals surface area contributed by atoms with Gasteiger partial charge in [-0.3, -0.25) is 4.79 Å². The number of carbonyl (C=O) groups excluding carboxylic acids is 2. The van der Waals surface area contributed by atoms with Crippen molar-refractivity contribution in [3.05, 3.63) is 59.9 Å². The first-order valence-electron chi connectivity index (χ1n) is 7.54. The van der Waals surface area contributed by atoms with Crippen LogP contribution in [0.15, 0.2) is 52.9 Å². The molecule has 1 heterocycles. The molecule has 0 amide bonds. The van der Waals surface area contributed by atoms with Crippen LogP contribution in [0.3, 0.4) is 0 Å². The predicted octanol–water partition coefficient (Wildman–Crippen LogP) is 3.49. The molecule has 3 rings (SSSR count). The Kier molecular flexibility index (Phi) is 4.70. The predicted molar refractivity (Wildman–Crippen MR) is 90.4 cm³/mol. The second-order valence-electron chi connectivity index (χ2n) is 5.19. The lowest BCUT2D eigenvalue weighted by molar-refractivity contribution is 0.0464. The Balaban J connectivity index is 1.73. The standard InChI is InChI=1S/C19H16O6/c1-22-16-9-5-7-13(18(16)23-2)19(21)24-11-14(20)17-10-12-6-3-4-8-15(12)25-17/h3-10H,11H2,1-2H3. The third kappa shape index (κ3) is 3.33. The molecule has 0 spiro atoms. The number of furan rings is 1. The summed E-state index contributed by atoms with van der Waals surface area (Å²) < 4.78 is 20.9. The summed E-state index contributed by atoms with van der Waals surface area (Å²) >= 11 is 0. The molecule has 6 heteroatoms. The van der Waals surface area contributed by atoms with Gasteiger partial charge in [0.05, 0.1) is 14.2 Å². The van der Waals surface area contributed by atoms with Crippen LogP contribution in [-0.4, -0.2) is 32.6 Å². The van der Waals surface area contributed by atoms with E-state index in [1.807, 2.05) is 18.2 Å². The smallest absolute Gasteiger partial charge is 0.342 e. The fraction of sp³-hybridized carbons (Fsp3) is 0.158. The molecule has 0 saturated carbocycles. The van der Waals surface area contributed by atoms with Gasteiger partial charge in [0.25, 0.3) is 0 Å². The van der Waals surface area contributed by atoms with Crippen LogP contribution in [0.1, 0.15) is 20.9 Å². The molecular formula is C19H16O6. The Labute approximate surface area is 143 Å². The molecular weight excluding hydrogens is 324 g/mol. The lowest BCUT2D eigenvalue weighted by atomic mass is 10.2. The second kappa shape index (κ2) is 7.09. The number of hydrogen-bond donors (Lipinski definition) is 0. The van der Waals surface area contributed by atoms with Crippen LogP contribution in [0, 0.1) is 0 Å². The molecule has 0 saturated heterocycles. The van der Waals surface area contributed by atoms with E-state index in [1.54, 1.807) is 24.3 Å². The summed E-state index contributed by atoms with van der Waals surface area (Å²) in [5, 5.41) is 0.812. The Hall–Kier alpha value is -3.28. The van der Waals surface area contributed by atoms with Crippen LogP contribution in [0.4, 0.5) is 0 Å². The molecule has 0 aliphatic rings. The molecule has 0 fully saturated rings. The lowest BCUT2D eigenvalue weighted by Gasteiger charge is -2.11. The van der Waals surface area contributed by atoms with Gasteiger partial charge in [0, 0.05) is 5.39 Å². The van der Waals surface area contributed by atoms with Crippen molar-refractivity contribution in [2.24, 2.45) is 0 Å². The number of para-hydroxylation sites is 2. The number of carbonyl (C=O) groups is 2. The summed E-state index contributed by atoms with van der Waals surface area (Å²) in [6.07, 6.45) is 0. The van der Waals surface area contributed by atoms with Crippen molar-refractivity contribution in [2.45, 2.75) is 0 Å². The molecule has 0 bridgehead atoms. The van der Waals surface area contributed by atoms with E-state index in [0.717, 1.165) is 5.39 Å². The molecule has 0 N–H and O–H groups in total. The number of rotatable bonds is 6. The first-order chi connectivity index (χ1) is 12.1. The van der Waals surface area contributed by atoms with Gasteiger partial charge in [-0.2, -0.15) is 0 Å². The van der Waals surface area contributed by atoms with Gasteiger partial charge in [-0.25, -0.2) is 4.79 Å². The summed E-state index contributed by atoms with van der Waals surface area (Å²) in [6.45, 7) is -0.432. The van der Waals surface area contributed by atoms with Gasteiger partial charge in [-0.15, -0.1) is 0 Å². The number of esters is 1. The number of fused-ring (bicyclic) bond motifs is 1. The third-order valence-electron chi connectivity index (χ3n) is 3.66. The molecule has 0 aliphatic heterocycles. The minimum atomic E-state index is -0.680. The van der Waals surface area contributed by atoms with Gasteiger partial charge in [-0.05, 0) is 24.3 Å². The molecule has 1 aromatic heterocycles. The molecule has 128 valence electrons. The van der Waals surface area contributed by atoms with Crippen molar-refractivity contribution < 1.29 is 28.2 Å². The van der Waals surface area contributed by atoms with E-state index >= 15 is 0 Å². The van der Waals surface area contributed by atoms with Crippen molar-refractivity contribution in [1.82, 2.24) is 0 Å². The van der Waals surface area contributed by atoms with Crippen LogP contribution in [0.5, 0.6) is 11.5 Å². The first-order valence-corrected chi connectivity index (χ1v) is 7.54. The van der Waals surface area contributed by atoms with Crippen molar-refractivity contribution in [1.29, 1.82) is 0 Å². The second-order valence-corrected chi connectivity index (χ2v) is 5.19. The van der Waals surface area contributed by atoms with Gasteiger partial charge in [0.15, 0.2) is 23.9 Å². The van der Waals surface area contributed by atoms with Crippen LogP contribution in [0.2, 0.25) is 0 Å². The normalized spacial score (nSPS) is 10.5. The van der Waals surface area contributed by atoms with E-state index in [1.165, 1.54) is 20.3 Å². The van der Waals surface area contributed by atoms with Crippen molar-refractivity contribution in [3.63, 3.8) is 0 Å². The molecule has 0 radical (unpaired) electrons. The zero-order chi connectivity index (χ0) is 17.8. The average molecular weight is 340 g/mol. The molecule has 0 atom stereocenters. The third-order valence-corrected chi connectivity index (χ3v) is 3.66. The molecule has 6 nitrogen and oxygen atoms in total. The number of hydrogen-bond acceptors (Lipinski definition) is 6. The summed E-state index contributed by atoms with van der Waals surface area (Å²) in [5.41, 5.74) is 0.783. The van der Waals surface area contributed by atoms with Gasteiger partial charge < -0.3 is 18.6 Å². The maximum atomic E-state index is 12.3. The zero-order valence-electron chi connectivity index (χ0n) is 13.8. The lowest BCUT2D eigenvalue weighted by Crippen LogP contribution is -2.14. The quantitative estimate of drug-likeness (QED) is 0.505. The highest BCUT2D eigenvalue weighted by molar-refractivity contribution is 6.00. The van der Waals surface area contributed by atoms with Crippen LogP contribution < -0.4 is 9.47 Å². The number of ether oxygens (including phenoxy) is 3. The van der Waals surface area contributed by atoms with Gasteiger partial charge in [0.1, 0.15) is 11.1 Å². The van der Waals surface area contributed by atoms with E-state index in [9.17, 15) is 9.59 Å². The number of Topliss-reactive ketones (excluding diaryl/α,β-unsaturated/α-hetero) is 1. The fourth-order valence-corrected chi connectivity index (χ4v) is 2.45. The fourth-order valence-electron chi connectivity index (χ4n) is 2.45.